The zero-order chi connectivity index (χ0) is 13.4. The molecule has 0 saturated carbocycles. The fourth-order valence-electron chi connectivity index (χ4n) is 1.43. The van der Waals surface area contributed by atoms with Crippen LogP contribution in [0.3, 0.4) is 0 Å². The first-order valence-corrected chi connectivity index (χ1v) is 4.51. The Labute approximate surface area is 94.2 Å². The van der Waals surface area contributed by atoms with Gasteiger partial charge in [0.15, 0.2) is 5.78 Å². The Balaban J connectivity index is 3.57. The Morgan fingerprint density at radius 2 is 1.88 bits per heavy atom. The van der Waals surface area contributed by atoms with Gasteiger partial charge in [-0.3, -0.25) is 14.9 Å². The maximum absolute atomic E-state index is 12.5. The number of carbonyl (C=O) groups excluding carboxylic acids is 1. The second kappa shape index (κ2) is 4.15. The smallest absolute Gasteiger partial charge is 0.294 e. The molecular weight excluding hydrogens is 239 g/mol. The van der Waals surface area contributed by atoms with E-state index in [1.54, 1.807) is 0 Å². The predicted octanol–water partition coefficient (Wildman–Crippen LogP) is 3.12. The summed E-state index contributed by atoms with van der Waals surface area (Å²) in [5, 5.41) is 10.6. The second-order valence-electron chi connectivity index (χ2n) is 3.50. The number of nitro groups is 1. The predicted molar refractivity (Wildman–Crippen MR) is 52.8 cm³/mol. The van der Waals surface area contributed by atoms with E-state index in [-0.39, 0.29) is 11.1 Å². The number of benzene rings is 1. The topological polar surface area (TPSA) is 60.2 Å². The van der Waals surface area contributed by atoms with E-state index in [2.05, 4.69) is 0 Å². The fraction of sp³-hybridized carbons (Fsp3) is 0.300. The number of hydrogen-bond acceptors (Lipinski definition) is 3. The monoisotopic (exact) mass is 247 g/mol. The number of alkyl halides is 3. The van der Waals surface area contributed by atoms with Crippen molar-refractivity contribution in [2.24, 2.45) is 0 Å². The Kier molecular flexibility index (Phi) is 3.21. The molecule has 1 aromatic rings. The van der Waals surface area contributed by atoms with E-state index >= 15 is 0 Å². The van der Waals surface area contributed by atoms with Gasteiger partial charge in [0.1, 0.15) is 0 Å². The molecule has 0 spiro atoms. The molecule has 0 aliphatic carbocycles. The van der Waals surface area contributed by atoms with Gasteiger partial charge in [-0.05, 0) is 25.5 Å². The Bertz CT molecular complexity index is 494. The molecule has 92 valence electrons. The van der Waals surface area contributed by atoms with E-state index in [0.717, 1.165) is 19.9 Å². The molecule has 0 bridgehead atoms. The van der Waals surface area contributed by atoms with Gasteiger partial charge in [0.05, 0.1) is 16.1 Å². The molecule has 0 aliphatic rings. The summed E-state index contributed by atoms with van der Waals surface area (Å²) in [6.45, 7) is 2.22. The molecule has 1 aromatic carbocycles. The number of nitrogens with zero attached hydrogens (tertiary/aromatic N) is 1. The van der Waals surface area contributed by atoms with Crippen molar-refractivity contribution in [2.75, 3.05) is 0 Å². The van der Waals surface area contributed by atoms with Crippen LogP contribution in [-0.4, -0.2) is 10.7 Å². The highest BCUT2D eigenvalue weighted by molar-refractivity contribution is 5.98. The summed E-state index contributed by atoms with van der Waals surface area (Å²) in [7, 11) is 0. The maximum Gasteiger partial charge on any atom is 0.416 e. The summed E-state index contributed by atoms with van der Waals surface area (Å²) in [6.07, 6.45) is -4.68. The molecule has 0 saturated heterocycles. The zero-order valence-electron chi connectivity index (χ0n) is 8.96. The van der Waals surface area contributed by atoms with Crippen molar-refractivity contribution in [1.82, 2.24) is 0 Å². The van der Waals surface area contributed by atoms with Gasteiger partial charge < -0.3 is 0 Å². The van der Waals surface area contributed by atoms with Gasteiger partial charge in [0.2, 0.25) is 0 Å². The highest BCUT2D eigenvalue weighted by Crippen LogP contribution is 2.35. The van der Waals surface area contributed by atoms with Crippen LogP contribution in [0, 0.1) is 17.0 Å². The third kappa shape index (κ3) is 2.61. The minimum absolute atomic E-state index is 0.215. The van der Waals surface area contributed by atoms with E-state index < -0.39 is 28.1 Å². The first kappa shape index (κ1) is 13.1. The quantitative estimate of drug-likeness (QED) is 0.458. The summed E-state index contributed by atoms with van der Waals surface area (Å²) >= 11 is 0. The lowest BCUT2D eigenvalue weighted by atomic mass is 10.0. The number of aryl methyl sites for hydroxylation is 1. The zero-order valence-corrected chi connectivity index (χ0v) is 8.96. The lowest BCUT2D eigenvalue weighted by Crippen LogP contribution is -2.11. The molecular formula is C10H8F3NO3. The highest BCUT2D eigenvalue weighted by Gasteiger charge is 2.35. The molecule has 0 heterocycles. The molecule has 0 aliphatic heterocycles. The van der Waals surface area contributed by atoms with Crippen LogP contribution in [0.5, 0.6) is 0 Å². The summed E-state index contributed by atoms with van der Waals surface area (Å²) in [5.41, 5.74) is -2.46. The third-order valence-corrected chi connectivity index (χ3v) is 2.22. The summed E-state index contributed by atoms with van der Waals surface area (Å²) < 4.78 is 37.6. The average molecular weight is 247 g/mol. The van der Waals surface area contributed by atoms with Crippen LogP contribution < -0.4 is 0 Å². The molecule has 0 radical (unpaired) electrons. The molecule has 0 fully saturated rings. The van der Waals surface area contributed by atoms with Crippen molar-refractivity contribution >= 4 is 11.5 Å². The van der Waals surface area contributed by atoms with Crippen LogP contribution in [-0.2, 0) is 6.18 Å². The van der Waals surface area contributed by atoms with Crippen molar-refractivity contribution in [1.29, 1.82) is 0 Å². The number of Topliss-reactive ketones (excluding diaryl/α,β-unsaturated/α-hetero) is 1. The standard InChI is InChI=1S/C10H8F3NO3/c1-5-3-7(6(2)15)9(14(16)17)4-8(5)10(11,12)13/h3-4H,1-2H3. The number of nitro benzene ring substituents is 1. The molecule has 17 heavy (non-hydrogen) atoms. The van der Waals surface area contributed by atoms with Gasteiger partial charge in [-0.1, -0.05) is 0 Å². The molecule has 0 unspecified atom stereocenters. The van der Waals surface area contributed by atoms with Gasteiger partial charge in [0, 0.05) is 6.07 Å². The van der Waals surface area contributed by atoms with Gasteiger partial charge in [-0.2, -0.15) is 13.2 Å². The minimum atomic E-state index is -4.68. The summed E-state index contributed by atoms with van der Waals surface area (Å²) in [4.78, 5) is 20.7. The van der Waals surface area contributed by atoms with Crippen LogP contribution in [0.15, 0.2) is 12.1 Å². The van der Waals surface area contributed by atoms with Crippen molar-refractivity contribution < 1.29 is 22.9 Å². The van der Waals surface area contributed by atoms with E-state index in [9.17, 15) is 28.1 Å². The number of carbonyl (C=O) groups is 1. The van der Waals surface area contributed by atoms with Gasteiger partial charge in [-0.25, -0.2) is 0 Å². The summed E-state index contributed by atoms with van der Waals surface area (Å²) in [5.74, 6) is -0.645. The molecule has 0 amide bonds. The number of rotatable bonds is 2. The SMILES string of the molecule is CC(=O)c1cc(C)c(C(F)(F)F)cc1[N+](=O)[O-]. The lowest BCUT2D eigenvalue weighted by Gasteiger charge is -2.11. The number of hydrogen-bond donors (Lipinski definition) is 0. The normalized spacial score (nSPS) is 11.4. The molecule has 0 aromatic heterocycles. The molecule has 1 rings (SSSR count). The van der Waals surface area contributed by atoms with Gasteiger partial charge >= 0.3 is 6.18 Å². The van der Waals surface area contributed by atoms with Gasteiger partial charge in [-0.15, -0.1) is 0 Å². The van der Waals surface area contributed by atoms with E-state index in [1.807, 2.05) is 0 Å². The molecule has 0 N–H and O–H groups in total. The second-order valence-corrected chi connectivity index (χ2v) is 3.50. The summed E-state index contributed by atoms with van der Waals surface area (Å²) in [6, 6.07) is 1.29. The highest BCUT2D eigenvalue weighted by atomic mass is 19.4. The van der Waals surface area contributed by atoms with E-state index in [4.69, 9.17) is 0 Å². The van der Waals surface area contributed by atoms with Crippen molar-refractivity contribution in [3.8, 4) is 0 Å². The van der Waals surface area contributed by atoms with Crippen molar-refractivity contribution in [3.63, 3.8) is 0 Å². The molecule has 0 atom stereocenters. The first-order valence-electron chi connectivity index (χ1n) is 4.51. The maximum atomic E-state index is 12.5. The van der Waals surface area contributed by atoms with Crippen LogP contribution in [0.25, 0.3) is 0 Å². The van der Waals surface area contributed by atoms with Crippen LogP contribution in [0.2, 0.25) is 0 Å². The van der Waals surface area contributed by atoms with Gasteiger partial charge in [0.25, 0.3) is 5.69 Å². The van der Waals surface area contributed by atoms with Crippen LogP contribution >= 0.6 is 0 Å². The largest absolute Gasteiger partial charge is 0.416 e. The van der Waals surface area contributed by atoms with Crippen LogP contribution in [0.4, 0.5) is 18.9 Å². The number of halogens is 3. The average Bonchev–Trinajstić information content (AvgIpc) is 2.14. The molecule has 7 heteroatoms. The third-order valence-electron chi connectivity index (χ3n) is 2.22. The Hall–Kier alpha value is -1.92. The van der Waals surface area contributed by atoms with E-state index in [1.165, 1.54) is 0 Å². The van der Waals surface area contributed by atoms with Crippen molar-refractivity contribution in [2.45, 2.75) is 20.0 Å². The van der Waals surface area contributed by atoms with Crippen LogP contribution in [0.1, 0.15) is 28.4 Å². The fourth-order valence-corrected chi connectivity index (χ4v) is 1.43. The van der Waals surface area contributed by atoms with E-state index in [0.29, 0.717) is 6.07 Å². The Morgan fingerprint density at radius 3 is 2.24 bits per heavy atom. The molecule has 4 nitrogen and oxygen atoms in total. The lowest BCUT2D eigenvalue weighted by molar-refractivity contribution is -0.385. The first-order chi connectivity index (χ1) is 7.64. The number of ketones is 1. The minimum Gasteiger partial charge on any atom is -0.294 e. The van der Waals surface area contributed by atoms with Crippen molar-refractivity contribution in [3.05, 3.63) is 38.9 Å². The Morgan fingerprint density at radius 1 is 1.35 bits per heavy atom.